The average molecular weight is 569 g/mol. The molecule has 0 spiro atoms. The van der Waals surface area contributed by atoms with E-state index >= 15 is 0 Å². The third kappa shape index (κ3) is 8.71. The highest BCUT2D eigenvalue weighted by atomic mass is 16.6. The minimum atomic E-state index is -1.10. The van der Waals surface area contributed by atoms with Crippen LogP contribution >= 0.6 is 0 Å². The van der Waals surface area contributed by atoms with Crippen LogP contribution in [0.15, 0.2) is 40.9 Å². The van der Waals surface area contributed by atoms with Crippen molar-refractivity contribution in [2.75, 3.05) is 20.3 Å². The van der Waals surface area contributed by atoms with Crippen LogP contribution in [0.3, 0.4) is 0 Å². The van der Waals surface area contributed by atoms with Gasteiger partial charge in [-0.05, 0) is 43.6 Å². The number of nitrogens with zero attached hydrogens (tertiary/aromatic N) is 1. The molecule has 2 aliphatic rings. The summed E-state index contributed by atoms with van der Waals surface area (Å²) in [6.45, 7) is 5.82. The van der Waals surface area contributed by atoms with Crippen LogP contribution in [0.4, 0.5) is 0 Å². The molecule has 0 bridgehead atoms. The zero-order chi connectivity index (χ0) is 29.6. The molecule has 11 heteroatoms. The number of epoxide rings is 1. The predicted molar refractivity (Wildman–Crippen MR) is 149 cm³/mol. The second-order valence-corrected chi connectivity index (χ2v) is 11.6. The lowest BCUT2D eigenvalue weighted by atomic mass is 9.93. The maximum Gasteiger partial charge on any atom is 0.274 e. The number of carbonyl (C=O) groups is 4. The summed E-state index contributed by atoms with van der Waals surface area (Å²) < 4.78 is 15.8. The van der Waals surface area contributed by atoms with Crippen molar-refractivity contribution in [3.8, 4) is 0 Å². The van der Waals surface area contributed by atoms with E-state index in [2.05, 4.69) is 21.1 Å². The minimum Gasteiger partial charge on any atom is -0.382 e. The van der Waals surface area contributed by atoms with E-state index in [0.717, 1.165) is 24.8 Å². The van der Waals surface area contributed by atoms with Gasteiger partial charge < -0.3 is 29.9 Å². The fourth-order valence-electron chi connectivity index (χ4n) is 4.63. The summed E-state index contributed by atoms with van der Waals surface area (Å²) in [5.74, 6) is -0.567. The van der Waals surface area contributed by atoms with Crippen molar-refractivity contribution in [1.82, 2.24) is 21.1 Å². The zero-order valence-electron chi connectivity index (χ0n) is 24.1. The maximum atomic E-state index is 13.6. The molecule has 41 heavy (non-hydrogen) atoms. The van der Waals surface area contributed by atoms with Crippen molar-refractivity contribution >= 4 is 23.5 Å². The van der Waals surface area contributed by atoms with Crippen molar-refractivity contribution in [2.24, 2.45) is 11.8 Å². The number of carbonyl (C=O) groups excluding carboxylic acids is 4. The largest absolute Gasteiger partial charge is 0.382 e. The third-order valence-electron chi connectivity index (χ3n) is 7.29. The molecule has 1 aromatic heterocycles. The van der Waals surface area contributed by atoms with Crippen LogP contribution in [0.1, 0.15) is 61.8 Å². The molecule has 3 N–H and O–H groups in total. The summed E-state index contributed by atoms with van der Waals surface area (Å²) in [4.78, 5) is 53.0. The van der Waals surface area contributed by atoms with Crippen molar-refractivity contribution in [2.45, 2.75) is 76.6 Å². The number of Topliss-reactive ketones (excluding diaryl/α,β-unsaturated/α-hetero) is 1. The molecule has 1 saturated heterocycles. The summed E-state index contributed by atoms with van der Waals surface area (Å²) in [6, 6.07) is 7.92. The molecule has 3 amide bonds. The van der Waals surface area contributed by atoms with E-state index in [1.165, 1.54) is 7.11 Å². The maximum absolute atomic E-state index is 13.6. The van der Waals surface area contributed by atoms with Gasteiger partial charge in [0.2, 0.25) is 11.8 Å². The summed E-state index contributed by atoms with van der Waals surface area (Å²) >= 11 is 0. The molecule has 1 aliphatic carbocycles. The monoisotopic (exact) mass is 568 g/mol. The summed E-state index contributed by atoms with van der Waals surface area (Å²) in [6.07, 6.45) is 3.60. The Hall–Kier alpha value is -3.57. The van der Waals surface area contributed by atoms with E-state index in [0.29, 0.717) is 24.7 Å². The Labute approximate surface area is 240 Å². The van der Waals surface area contributed by atoms with Gasteiger partial charge in [0.25, 0.3) is 5.91 Å². The highest BCUT2D eigenvalue weighted by molar-refractivity contribution is 5.99. The standard InChI is InChI=1S/C30H40N4O7/c1-18(2)12-22(26(35)30(3)17-40-30)31-27(36)23(14-19-8-6-5-7-9-19)32-29(38)25(16-39-4)33-28(37)24-15-21(41-34-24)13-20-10-11-20/h5-9,15,18,20,22-23,25H,10-14,16-17H2,1-4H3,(H,31,36)(H,32,38)(H,33,37)/t22-,23-,25-,30?/m0/s1. The van der Waals surface area contributed by atoms with Gasteiger partial charge in [0.1, 0.15) is 23.4 Å². The Morgan fingerprint density at radius 1 is 1.02 bits per heavy atom. The molecular weight excluding hydrogens is 528 g/mol. The van der Waals surface area contributed by atoms with Gasteiger partial charge in [0.05, 0.1) is 19.3 Å². The molecule has 2 fully saturated rings. The molecule has 11 nitrogen and oxygen atoms in total. The van der Waals surface area contributed by atoms with Crippen molar-refractivity contribution in [1.29, 1.82) is 0 Å². The van der Waals surface area contributed by atoms with Crippen molar-refractivity contribution in [3.63, 3.8) is 0 Å². The Kier molecular flexibility index (Phi) is 9.93. The van der Waals surface area contributed by atoms with Crippen LogP contribution < -0.4 is 16.0 Å². The molecule has 2 heterocycles. The van der Waals surface area contributed by atoms with E-state index in [9.17, 15) is 19.2 Å². The number of methoxy groups -OCH3 is 1. The Morgan fingerprint density at radius 3 is 2.29 bits per heavy atom. The van der Waals surface area contributed by atoms with E-state index in [-0.39, 0.29) is 30.4 Å². The number of ether oxygens (including phenoxy) is 2. The van der Waals surface area contributed by atoms with E-state index in [1.807, 2.05) is 44.2 Å². The lowest BCUT2D eigenvalue weighted by Crippen LogP contribution is -2.58. The predicted octanol–water partition coefficient (Wildman–Crippen LogP) is 1.99. The first-order chi connectivity index (χ1) is 19.6. The molecular formula is C30H40N4O7. The van der Waals surface area contributed by atoms with E-state index < -0.39 is 41.4 Å². The number of aromatic nitrogens is 1. The van der Waals surface area contributed by atoms with Crippen LogP contribution in [0.25, 0.3) is 0 Å². The minimum absolute atomic E-state index is 0.0685. The molecule has 222 valence electrons. The zero-order valence-corrected chi connectivity index (χ0v) is 24.1. The Bertz CT molecular complexity index is 1220. The Morgan fingerprint density at radius 2 is 1.68 bits per heavy atom. The first-order valence-corrected chi connectivity index (χ1v) is 14.2. The van der Waals surface area contributed by atoms with Crippen molar-refractivity contribution < 1.29 is 33.2 Å². The van der Waals surface area contributed by atoms with Crippen LogP contribution in [0, 0.1) is 11.8 Å². The second kappa shape index (κ2) is 13.4. The lowest BCUT2D eigenvalue weighted by molar-refractivity contribution is -0.133. The first-order valence-electron chi connectivity index (χ1n) is 14.2. The molecule has 4 rings (SSSR count). The smallest absolute Gasteiger partial charge is 0.274 e. The van der Waals surface area contributed by atoms with Gasteiger partial charge in [-0.2, -0.15) is 0 Å². The van der Waals surface area contributed by atoms with E-state index in [4.69, 9.17) is 14.0 Å². The fraction of sp³-hybridized carbons (Fsp3) is 0.567. The molecule has 0 radical (unpaired) electrons. The SMILES string of the molecule is COC[C@H](NC(=O)c1cc(CC2CC2)on1)C(=O)N[C@@H](Cc1ccccc1)C(=O)N[C@@H](CC(C)C)C(=O)C1(C)CO1. The third-order valence-corrected chi connectivity index (χ3v) is 7.29. The van der Waals surface area contributed by atoms with Gasteiger partial charge in [-0.3, -0.25) is 19.2 Å². The lowest BCUT2D eigenvalue weighted by Gasteiger charge is -2.26. The average Bonchev–Trinajstić information content (AvgIpc) is 3.85. The summed E-state index contributed by atoms with van der Waals surface area (Å²) in [5.41, 5.74) is -0.0207. The number of hydrogen-bond donors (Lipinski definition) is 3. The van der Waals surface area contributed by atoms with Gasteiger partial charge >= 0.3 is 0 Å². The van der Waals surface area contributed by atoms with Crippen molar-refractivity contribution in [3.05, 3.63) is 53.4 Å². The van der Waals surface area contributed by atoms with Crippen LogP contribution in [0.5, 0.6) is 0 Å². The molecule has 1 unspecified atom stereocenters. The van der Waals surface area contributed by atoms with Gasteiger partial charge in [-0.25, -0.2) is 0 Å². The fourth-order valence-corrected chi connectivity index (χ4v) is 4.63. The first kappa shape index (κ1) is 30.4. The highest BCUT2D eigenvalue weighted by Crippen LogP contribution is 2.32. The molecule has 1 aromatic carbocycles. The van der Waals surface area contributed by atoms with Crippen LogP contribution in [0.2, 0.25) is 0 Å². The number of hydrogen-bond acceptors (Lipinski definition) is 8. The normalized spacial score (nSPS) is 20.1. The molecule has 4 atom stereocenters. The molecule has 2 aromatic rings. The number of nitrogens with one attached hydrogen (secondary N) is 3. The van der Waals surface area contributed by atoms with Gasteiger partial charge in [-0.1, -0.05) is 49.3 Å². The van der Waals surface area contributed by atoms with Gasteiger partial charge in [0, 0.05) is 26.0 Å². The Balaban J connectivity index is 1.46. The second-order valence-electron chi connectivity index (χ2n) is 11.6. The number of rotatable bonds is 16. The number of benzene rings is 1. The topological polar surface area (TPSA) is 152 Å². The number of amides is 3. The number of ketones is 1. The van der Waals surface area contributed by atoms with Crippen LogP contribution in [-0.4, -0.2) is 72.7 Å². The van der Waals surface area contributed by atoms with Crippen LogP contribution in [-0.2, 0) is 36.7 Å². The van der Waals surface area contributed by atoms with Gasteiger partial charge in [-0.15, -0.1) is 0 Å². The summed E-state index contributed by atoms with van der Waals surface area (Å²) in [5, 5.41) is 12.1. The quantitative estimate of drug-likeness (QED) is 0.260. The molecule has 1 aliphatic heterocycles. The van der Waals surface area contributed by atoms with Gasteiger partial charge in [0.15, 0.2) is 11.5 Å². The highest BCUT2D eigenvalue weighted by Gasteiger charge is 2.50. The molecule has 1 saturated carbocycles. The summed E-state index contributed by atoms with van der Waals surface area (Å²) in [7, 11) is 1.41. The van der Waals surface area contributed by atoms with E-state index in [1.54, 1.807) is 13.0 Å².